The molecule has 7 heteroatoms. The number of pyridine rings is 1. The lowest BCUT2D eigenvalue weighted by Crippen LogP contribution is -2.40. The predicted molar refractivity (Wildman–Crippen MR) is 70.3 cm³/mol. The molecule has 0 radical (unpaired) electrons. The van der Waals surface area contributed by atoms with Crippen LogP contribution in [0.3, 0.4) is 0 Å². The highest BCUT2D eigenvalue weighted by molar-refractivity contribution is 7.93. The Morgan fingerprint density at radius 3 is 2.58 bits per heavy atom. The lowest BCUT2D eigenvalue weighted by Gasteiger charge is -2.25. The molecule has 0 amide bonds. The number of anilines is 1. The van der Waals surface area contributed by atoms with Gasteiger partial charge in [-0.3, -0.25) is 14.1 Å². The second kappa shape index (κ2) is 5.16. The van der Waals surface area contributed by atoms with Crippen LogP contribution in [0.2, 0.25) is 0 Å². The Morgan fingerprint density at radius 2 is 2.00 bits per heavy atom. The summed E-state index contributed by atoms with van der Waals surface area (Å²) in [6.45, 7) is 0. The molecule has 0 aliphatic heterocycles. The van der Waals surface area contributed by atoms with Crippen LogP contribution in [-0.4, -0.2) is 36.8 Å². The highest BCUT2D eigenvalue weighted by Crippen LogP contribution is 2.34. The van der Waals surface area contributed by atoms with Crippen LogP contribution in [0.25, 0.3) is 0 Å². The topological polar surface area (TPSA) is 87.6 Å². The Hall–Kier alpha value is -1.63. The molecule has 0 aromatic carbocycles. The van der Waals surface area contributed by atoms with Crippen LogP contribution in [0.5, 0.6) is 0 Å². The number of carboxylic acids is 1. The molecular weight excluding hydrogens is 268 g/mol. The summed E-state index contributed by atoms with van der Waals surface area (Å²) in [5.41, 5.74) is 0.492. The SMILES string of the molecule is CN(c1ccncc1)S(=O)(=O)C1CCCC1C(=O)O. The van der Waals surface area contributed by atoms with Gasteiger partial charge in [0.15, 0.2) is 0 Å². The van der Waals surface area contributed by atoms with Crippen LogP contribution in [0, 0.1) is 5.92 Å². The summed E-state index contributed by atoms with van der Waals surface area (Å²) >= 11 is 0. The van der Waals surface area contributed by atoms with Gasteiger partial charge < -0.3 is 5.11 Å². The maximum absolute atomic E-state index is 12.5. The molecule has 1 aromatic heterocycles. The van der Waals surface area contributed by atoms with Gasteiger partial charge in [-0.1, -0.05) is 6.42 Å². The summed E-state index contributed by atoms with van der Waals surface area (Å²) < 4.78 is 26.1. The van der Waals surface area contributed by atoms with Gasteiger partial charge in [-0.15, -0.1) is 0 Å². The van der Waals surface area contributed by atoms with Crippen molar-refractivity contribution in [3.63, 3.8) is 0 Å². The molecule has 1 saturated carbocycles. The van der Waals surface area contributed by atoms with Gasteiger partial charge in [0.2, 0.25) is 10.0 Å². The molecule has 0 saturated heterocycles. The van der Waals surface area contributed by atoms with Crippen molar-refractivity contribution in [1.82, 2.24) is 4.98 Å². The molecule has 0 bridgehead atoms. The molecule has 0 spiro atoms. The van der Waals surface area contributed by atoms with Gasteiger partial charge in [-0.25, -0.2) is 8.42 Å². The Labute approximate surface area is 112 Å². The first-order valence-electron chi connectivity index (χ1n) is 6.05. The zero-order valence-corrected chi connectivity index (χ0v) is 11.4. The molecule has 1 aliphatic rings. The number of rotatable bonds is 4. The largest absolute Gasteiger partial charge is 0.481 e. The average molecular weight is 284 g/mol. The van der Waals surface area contributed by atoms with Crippen molar-refractivity contribution < 1.29 is 18.3 Å². The quantitative estimate of drug-likeness (QED) is 0.894. The van der Waals surface area contributed by atoms with Crippen LogP contribution < -0.4 is 4.31 Å². The van der Waals surface area contributed by atoms with Crippen molar-refractivity contribution >= 4 is 21.7 Å². The fourth-order valence-electron chi connectivity index (χ4n) is 2.47. The number of carbonyl (C=O) groups is 1. The zero-order chi connectivity index (χ0) is 14.0. The minimum atomic E-state index is -3.66. The van der Waals surface area contributed by atoms with Gasteiger partial charge in [0, 0.05) is 19.4 Å². The first kappa shape index (κ1) is 13.8. The summed E-state index contributed by atoms with van der Waals surface area (Å²) in [5, 5.41) is 8.26. The zero-order valence-electron chi connectivity index (χ0n) is 10.6. The van der Waals surface area contributed by atoms with Crippen molar-refractivity contribution in [2.75, 3.05) is 11.4 Å². The van der Waals surface area contributed by atoms with E-state index < -0.39 is 27.2 Å². The first-order chi connectivity index (χ1) is 8.94. The van der Waals surface area contributed by atoms with Gasteiger partial charge in [-0.2, -0.15) is 0 Å². The van der Waals surface area contributed by atoms with E-state index in [-0.39, 0.29) is 0 Å². The maximum atomic E-state index is 12.5. The number of sulfonamides is 1. The second-order valence-corrected chi connectivity index (χ2v) is 6.82. The smallest absolute Gasteiger partial charge is 0.307 e. The van der Waals surface area contributed by atoms with Crippen LogP contribution in [0.1, 0.15) is 19.3 Å². The molecule has 1 aromatic rings. The minimum Gasteiger partial charge on any atom is -0.481 e. The predicted octanol–water partition coefficient (Wildman–Crippen LogP) is 1.10. The normalized spacial score (nSPS) is 23.2. The molecule has 1 heterocycles. The second-order valence-electron chi connectivity index (χ2n) is 4.63. The van der Waals surface area contributed by atoms with E-state index in [1.807, 2.05) is 0 Å². The molecule has 1 N–H and O–H groups in total. The first-order valence-corrected chi connectivity index (χ1v) is 7.55. The van der Waals surface area contributed by atoms with Crippen LogP contribution >= 0.6 is 0 Å². The van der Waals surface area contributed by atoms with Crippen LogP contribution in [0.15, 0.2) is 24.5 Å². The molecule has 2 rings (SSSR count). The monoisotopic (exact) mass is 284 g/mol. The van der Waals surface area contributed by atoms with Gasteiger partial charge in [0.1, 0.15) is 0 Å². The van der Waals surface area contributed by atoms with E-state index >= 15 is 0 Å². The highest BCUT2D eigenvalue weighted by atomic mass is 32.2. The third kappa shape index (κ3) is 2.56. The highest BCUT2D eigenvalue weighted by Gasteiger charge is 2.43. The van der Waals surface area contributed by atoms with Gasteiger partial charge in [0.25, 0.3) is 0 Å². The fourth-order valence-corrected chi connectivity index (χ4v) is 4.42. The lowest BCUT2D eigenvalue weighted by molar-refractivity contribution is -0.141. The molecule has 2 unspecified atom stereocenters. The van der Waals surface area contributed by atoms with E-state index in [0.29, 0.717) is 24.9 Å². The van der Waals surface area contributed by atoms with Gasteiger partial charge >= 0.3 is 5.97 Å². The van der Waals surface area contributed by atoms with E-state index in [0.717, 1.165) is 4.31 Å². The molecule has 6 nitrogen and oxygen atoms in total. The summed E-state index contributed by atoms with van der Waals surface area (Å²) in [5.74, 6) is -1.84. The molecular formula is C12H16N2O4S. The molecule has 2 atom stereocenters. The van der Waals surface area contributed by atoms with Crippen molar-refractivity contribution in [2.24, 2.45) is 5.92 Å². The third-order valence-corrected chi connectivity index (χ3v) is 5.86. The fraction of sp³-hybridized carbons (Fsp3) is 0.500. The van der Waals surface area contributed by atoms with Crippen molar-refractivity contribution in [1.29, 1.82) is 0 Å². The Morgan fingerprint density at radius 1 is 1.37 bits per heavy atom. The number of hydrogen-bond donors (Lipinski definition) is 1. The van der Waals surface area contributed by atoms with E-state index in [1.165, 1.54) is 19.4 Å². The molecule has 1 aliphatic carbocycles. The number of aromatic nitrogens is 1. The maximum Gasteiger partial charge on any atom is 0.307 e. The van der Waals surface area contributed by atoms with Crippen LogP contribution in [-0.2, 0) is 14.8 Å². The molecule has 19 heavy (non-hydrogen) atoms. The van der Waals surface area contributed by atoms with E-state index in [9.17, 15) is 13.2 Å². The minimum absolute atomic E-state index is 0.398. The Kier molecular flexibility index (Phi) is 3.75. The number of carboxylic acid groups (broad SMARTS) is 1. The van der Waals surface area contributed by atoms with E-state index in [1.54, 1.807) is 12.1 Å². The third-order valence-electron chi connectivity index (χ3n) is 3.56. The Bertz CT molecular complexity index is 558. The van der Waals surface area contributed by atoms with Crippen molar-refractivity contribution in [2.45, 2.75) is 24.5 Å². The molecule has 1 fully saturated rings. The van der Waals surface area contributed by atoms with Crippen LogP contribution in [0.4, 0.5) is 5.69 Å². The number of aliphatic carboxylic acids is 1. The van der Waals surface area contributed by atoms with Crippen molar-refractivity contribution in [3.05, 3.63) is 24.5 Å². The van der Waals surface area contributed by atoms with E-state index in [4.69, 9.17) is 5.11 Å². The summed E-state index contributed by atoms with van der Waals surface area (Å²) in [6, 6.07) is 3.17. The Balaban J connectivity index is 2.30. The lowest BCUT2D eigenvalue weighted by atomic mass is 10.1. The summed E-state index contributed by atoms with van der Waals surface area (Å²) in [4.78, 5) is 15.0. The standard InChI is InChI=1S/C12H16N2O4S/c1-14(9-5-7-13-8-6-9)19(17,18)11-4-2-3-10(11)12(15)16/h5-8,10-11H,2-4H2,1H3,(H,15,16). The molecule has 104 valence electrons. The summed E-state index contributed by atoms with van der Waals surface area (Å²) in [6.07, 6.45) is 4.46. The summed E-state index contributed by atoms with van der Waals surface area (Å²) in [7, 11) is -2.21. The van der Waals surface area contributed by atoms with Crippen molar-refractivity contribution in [3.8, 4) is 0 Å². The number of nitrogens with zero attached hydrogens (tertiary/aromatic N) is 2. The van der Waals surface area contributed by atoms with Gasteiger partial charge in [-0.05, 0) is 25.0 Å². The average Bonchev–Trinajstić information content (AvgIpc) is 2.89. The van der Waals surface area contributed by atoms with E-state index in [2.05, 4.69) is 4.98 Å². The number of hydrogen-bond acceptors (Lipinski definition) is 4. The van der Waals surface area contributed by atoms with Gasteiger partial charge in [0.05, 0.1) is 16.9 Å².